The first kappa shape index (κ1) is 26.7. The third kappa shape index (κ3) is 5.20. The number of anilines is 1. The molecule has 13 heteroatoms. The summed E-state index contributed by atoms with van der Waals surface area (Å²) in [6, 6.07) is 14.1. The minimum atomic E-state index is -3.97. The lowest BCUT2D eigenvalue weighted by atomic mass is 10.0. The van der Waals surface area contributed by atoms with Crippen LogP contribution >= 0.6 is 11.6 Å². The largest absolute Gasteiger partial charge is 0.378 e. The number of halogens is 1. The highest BCUT2D eigenvalue weighted by molar-refractivity contribution is 7.89. The van der Waals surface area contributed by atoms with E-state index in [2.05, 4.69) is 30.0 Å². The summed E-state index contributed by atoms with van der Waals surface area (Å²) in [5.74, 6) is 0.898. The van der Waals surface area contributed by atoms with Gasteiger partial charge >= 0.3 is 0 Å². The molecule has 39 heavy (non-hydrogen) atoms. The molecule has 5 heterocycles. The van der Waals surface area contributed by atoms with Crippen molar-refractivity contribution in [3.8, 4) is 33.5 Å². The molecule has 197 valence electrons. The molecule has 6 rings (SSSR count). The second-order valence-corrected chi connectivity index (χ2v) is 10.7. The van der Waals surface area contributed by atoms with E-state index in [1.807, 2.05) is 18.2 Å². The molecule has 1 aromatic carbocycles. The first-order valence-corrected chi connectivity index (χ1v) is 13.7. The van der Waals surface area contributed by atoms with Gasteiger partial charge in [-0.2, -0.15) is 5.10 Å². The van der Waals surface area contributed by atoms with E-state index in [0.29, 0.717) is 35.6 Å². The van der Waals surface area contributed by atoms with Crippen molar-refractivity contribution in [3.63, 3.8) is 0 Å². The van der Waals surface area contributed by atoms with Gasteiger partial charge < -0.3 is 9.64 Å². The van der Waals surface area contributed by atoms with Crippen LogP contribution in [0, 0.1) is 0 Å². The fraction of sp³-hybridized carbons (Fsp3) is 0.154. The van der Waals surface area contributed by atoms with E-state index in [0.717, 1.165) is 41.1 Å². The van der Waals surface area contributed by atoms with E-state index in [1.165, 1.54) is 6.07 Å². The first-order valence-electron chi connectivity index (χ1n) is 11.8. The van der Waals surface area contributed by atoms with Crippen molar-refractivity contribution in [1.29, 1.82) is 0 Å². The van der Waals surface area contributed by atoms with Crippen molar-refractivity contribution in [3.05, 3.63) is 72.3 Å². The number of aromatic nitrogens is 5. The average Bonchev–Trinajstić information content (AvgIpc) is 3.37. The lowest BCUT2D eigenvalue weighted by molar-refractivity contribution is 0.122. The Hall–Kier alpha value is -3.94. The zero-order valence-electron chi connectivity index (χ0n) is 20.5. The third-order valence-electron chi connectivity index (χ3n) is 6.43. The molecule has 0 amide bonds. The van der Waals surface area contributed by atoms with Crippen LogP contribution in [0.1, 0.15) is 0 Å². The van der Waals surface area contributed by atoms with Crippen LogP contribution in [0.4, 0.5) is 5.82 Å². The number of hydrogen-bond acceptors (Lipinski definition) is 8. The molecule has 3 radical (unpaired) electrons. The van der Waals surface area contributed by atoms with Gasteiger partial charge in [0.05, 0.1) is 18.1 Å². The summed E-state index contributed by atoms with van der Waals surface area (Å²) < 4.78 is 29.8. The van der Waals surface area contributed by atoms with Gasteiger partial charge in [-0.3, -0.25) is 5.10 Å². The van der Waals surface area contributed by atoms with E-state index < -0.39 is 10.0 Å². The number of nitrogens with one attached hydrogen (secondary N) is 1. The molecule has 3 N–H and O–H groups in total. The molecule has 0 saturated carbocycles. The van der Waals surface area contributed by atoms with Crippen LogP contribution in [0.25, 0.3) is 44.5 Å². The number of ether oxygens (including phenoxy) is 1. The number of sulfonamides is 1. The number of primary sulfonamides is 1. The predicted molar refractivity (Wildman–Crippen MR) is 147 cm³/mol. The number of H-pyrrole nitrogens is 1. The van der Waals surface area contributed by atoms with Gasteiger partial charge in [0.15, 0.2) is 5.65 Å². The smallest absolute Gasteiger partial charge is 0.238 e. The molecule has 1 aliphatic heterocycles. The van der Waals surface area contributed by atoms with E-state index in [1.54, 1.807) is 42.9 Å². The van der Waals surface area contributed by atoms with Crippen LogP contribution < -0.4 is 16.2 Å². The lowest BCUT2D eigenvalue weighted by Gasteiger charge is -2.27. The van der Waals surface area contributed by atoms with Gasteiger partial charge in [0.2, 0.25) is 10.0 Å². The Morgan fingerprint density at radius 2 is 1.62 bits per heavy atom. The highest BCUT2D eigenvalue weighted by atomic mass is 35.5. The standard InChI is InChI=1S/C26H22ClN7O3S.N/c27-25-20(19-3-1-2-4-22(19)38(28,35)36)11-17(14-30-25)18-12-21-24(32-33-26(21)31-15-18)16-5-6-23(29-13-16)34-7-9-37-10-8-34;/h1-6,11-15H,7-10H2,(H2,28,35,36)(H,31,32,33);. The molecule has 0 aliphatic carbocycles. The molecule has 1 saturated heterocycles. The van der Waals surface area contributed by atoms with E-state index in [-0.39, 0.29) is 16.2 Å². The Balaban J connectivity index is 0.00000308. The van der Waals surface area contributed by atoms with Gasteiger partial charge in [-0.25, -0.2) is 28.5 Å². The zero-order valence-corrected chi connectivity index (χ0v) is 22.0. The van der Waals surface area contributed by atoms with Crippen LogP contribution in [0.3, 0.4) is 0 Å². The lowest BCUT2D eigenvalue weighted by Crippen LogP contribution is -2.36. The van der Waals surface area contributed by atoms with Crippen LogP contribution in [-0.4, -0.2) is 59.9 Å². The summed E-state index contributed by atoms with van der Waals surface area (Å²) in [6.45, 7) is 3.00. The third-order valence-corrected chi connectivity index (χ3v) is 7.70. The summed E-state index contributed by atoms with van der Waals surface area (Å²) in [5.41, 5.74) is 4.49. The van der Waals surface area contributed by atoms with E-state index in [9.17, 15) is 8.42 Å². The second kappa shape index (κ2) is 10.7. The first-order chi connectivity index (χ1) is 18.4. The number of morpholine rings is 1. The van der Waals surface area contributed by atoms with Crippen molar-refractivity contribution in [2.75, 3.05) is 31.2 Å². The minimum Gasteiger partial charge on any atom is -0.378 e. The zero-order chi connectivity index (χ0) is 26.3. The van der Waals surface area contributed by atoms with Gasteiger partial charge in [-0.1, -0.05) is 29.8 Å². The van der Waals surface area contributed by atoms with Crippen molar-refractivity contribution >= 4 is 38.5 Å². The van der Waals surface area contributed by atoms with Crippen LogP contribution in [0.2, 0.25) is 5.15 Å². The van der Waals surface area contributed by atoms with E-state index >= 15 is 0 Å². The Kier molecular flexibility index (Phi) is 7.30. The number of hydrogen-bond donors (Lipinski definition) is 2. The summed E-state index contributed by atoms with van der Waals surface area (Å²) in [7, 11) is -3.97. The highest BCUT2D eigenvalue weighted by Gasteiger charge is 2.19. The van der Waals surface area contributed by atoms with Crippen LogP contribution in [-0.2, 0) is 14.8 Å². The van der Waals surface area contributed by atoms with Crippen LogP contribution in [0.15, 0.2) is 72.0 Å². The summed E-state index contributed by atoms with van der Waals surface area (Å²) in [6.07, 6.45) is 5.12. The number of pyridine rings is 3. The fourth-order valence-corrected chi connectivity index (χ4v) is 5.48. The maximum absolute atomic E-state index is 12.2. The molecule has 11 nitrogen and oxygen atoms in total. The maximum atomic E-state index is 12.2. The number of nitrogens with zero attached hydrogens (tertiary/aromatic N) is 6. The molecule has 0 atom stereocenters. The van der Waals surface area contributed by atoms with Crippen molar-refractivity contribution in [2.24, 2.45) is 5.14 Å². The van der Waals surface area contributed by atoms with Gasteiger partial charge in [-0.05, 0) is 30.3 Å². The number of benzene rings is 1. The maximum Gasteiger partial charge on any atom is 0.238 e. The molecular weight excluding hydrogens is 540 g/mol. The number of rotatable bonds is 5. The summed E-state index contributed by atoms with van der Waals surface area (Å²) >= 11 is 6.40. The molecular formula is C26H22ClN8O3S. The monoisotopic (exact) mass is 561 g/mol. The van der Waals surface area contributed by atoms with Gasteiger partial charge in [0, 0.05) is 71.0 Å². The van der Waals surface area contributed by atoms with Gasteiger partial charge in [-0.15, -0.1) is 0 Å². The van der Waals surface area contributed by atoms with Crippen LogP contribution in [0.5, 0.6) is 0 Å². The minimum absolute atomic E-state index is 0. The molecule has 0 bridgehead atoms. The average molecular weight is 562 g/mol. The Labute approximate surface area is 229 Å². The number of fused-ring (bicyclic) bond motifs is 1. The normalized spacial score (nSPS) is 13.8. The fourth-order valence-electron chi connectivity index (χ4n) is 4.52. The number of aromatic amines is 1. The molecule has 0 unspecified atom stereocenters. The second-order valence-electron chi connectivity index (χ2n) is 8.80. The Morgan fingerprint density at radius 1 is 0.897 bits per heavy atom. The number of nitrogens with two attached hydrogens (primary N) is 1. The molecule has 1 fully saturated rings. The van der Waals surface area contributed by atoms with Gasteiger partial charge in [0.1, 0.15) is 16.7 Å². The van der Waals surface area contributed by atoms with Gasteiger partial charge in [0.25, 0.3) is 0 Å². The molecule has 5 aromatic rings. The quantitative estimate of drug-likeness (QED) is 0.307. The Bertz CT molecular complexity index is 1750. The topological polar surface area (TPSA) is 170 Å². The van der Waals surface area contributed by atoms with Crippen molar-refractivity contribution in [1.82, 2.24) is 31.3 Å². The summed E-state index contributed by atoms with van der Waals surface area (Å²) in [5, 5.41) is 13.9. The highest BCUT2D eigenvalue weighted by Crippen LogP contribution is 2.35. The van der Waals surface area contributed by atoms with Crippen molar-refractivity contribution in [2.45, 2.75) is 4.90 Å². The Morgan fingerprint density at radius 3 is 2.36 bits per heavy atom. The SMILES string of the molecule is NS(=O)(=O)c1ccccc1-c1cc(-c2cnc3[nH]nc(-c4ccc(N5CCOCC5)nc4)c3c2)cnc1Cl.[N]. The molecule has 1 aliphatic rings. The van der Waals surface area contributed by atoms with Crippen molar-refractivity contribution < 1.29 is 13.2 Å². The molecule has 4 aromatic heterocycles. The molecule has 0 spiro atoms. The summed E-state index contributed by atoms with van der Waals surface area (Å²) in [4.78, 5) is 15.7. The van der Waals surface area contributed by atoms with E-state index in [4.69, 9.17) is 21.5 Å². The predicted octanol–water partition coefficient (Wildman–Crippen LogP) is 3.41.